The van der Waals surface area contributed by atoms with Crippen LogP contribution in [0.4, 0.5) is 4.79 Å². The van der Waals surface area contributed by atoms with Crippen molar-refractivity contribution >= 4 is 29.6 Å². The van der Waals surface area contributed by atoms with Crippen LogP contribution >= 0.6 is 23.5 Å². The molecule has 3 nitrogen and oxygen atoms in total. The number of hydrogen-bond donors (Lipinski definition) is 0. The van der Waals surface area contributed by atoms with E-state index < -0.39 is 0 Å². The zero-order valence-electron chi connectivity index (χ0n) is 9.88. The maximum Gasteiger partial charge on any atom is 0.414 e. The average molecular weight is 269 g/mol. The van der Waals surface area contributed by atoms with Crippen molar-refractivity contribution in [2.75, 3.05) is 25.6 Å². The predicted molar refractivity (Wildman–Crippen MR) is 73.8 cm³/mol. The van der Waals surface area contributed by atoms with E-state index in [-0.39, 0.29) is 6.09 Å². The Morgan fingerprint density at radius 1 is 1.29 bits per heavy atom. The number of nitrogens with zero attached hydrogens (tertiary/aromatic N) is 1. The molecule has 1 aromatic rings. The molecule has 0 N–H and O–H groups in total. The van der Waals surface area contributed by atoms with Crippen LogP contribution in [0.1, 0.15) is 10.1 Å². The lowest BCUT2D eigenvalue weighted by atomic mass is 10.2. The monoisotopic (exact) mass is 269 g/mol. The Kier molecular flexibility index (Phi) is 4.23. The third kappa shape index (κ3) is 3.10. The van der Waals surface area contributed by atoms with Crippen LogP contribution in [0.5, 0.6) is 5.75 Å². The van der Waals surface area contributed by atoms with Crippen molar-refractivity contribution in [1.29, 1.82) is 0 Å². The Morgan fingerprint density at radius 3 is 2.59 bits per heavy atom. The van der Waals surface area contributed by atoms with Crippen molar-refractivity contribution in [3.05, 3.63) is 29.8 Å². The van der Waals surface area contributed by atoms with Crippen LogP contribution in [0.2, 0.25) is 0 Å². The van der Waals surface area contributed by atoms with Crippen molar-refractivity contribution in [3.8, 4) is 5.75 Å². The second-order valence-electron chi connectivity index (χ2n) is 3.87. The van der Waals surface area contributed by atoms with E-state index in [0.717, 1.165) is 17.1 Å². The topological polar surface area (TPSA) is 29.5 Å². The zero-order chi connectivity index (χ0) is 12.3. The Morgan fingerprint density at radius 2 is 1.94 bits per heavy atom. The Bertz CT molecular complexity index is 403. The first-order valence-electron chi connectivity index (χ1n) is 5.40. The molecule has 0 aliphatic carbocycles. The molecular weight excluding hydrogens is 254 g/mol. The van der Waals surface area contributed by atoms with Gasteiger partial charge in [0.2, 0.25) is 0 Å². The number of thioether (sulfide) groups is 2. The van der Waals surface area contributed by atoms with Gasteiger partial charge in [0.15, 0.2) is 0 Å². The van der Waals surface area contributed by atoms with E-state index in [2.05, 4.69) is 0 Å². The van der Waals surface area contributed by atoms with Gasteiger partial charge in [0.25, 0.3) is 0 Å². The summed E-state index contributed by atoms with van der Waals surface area (Å²) in [6.45, 7) is 0. The molecule has 1 aliphatic rings. The molecule has 17 heavy (non-hydrogen) atoms. The molecule has 0 bridgehead atoms. The molecule has 0 atom stereocenters. The summed E-state index contributed by atoms with van der Waals surface area (Å²) >= 11 is 3.81. The molecule has 0 spiro atoms. The number of hydrogen-bond acceptors (Lipinski definition) is 4. The van der Waals surface area contributed by atoms with E-state index in [4.69, 9.17) is 4.74 Å². The molecule has 1 amide bonds. The molecule has 0 saturated carbocycles. The fourth-order valence-corrected chi connectivity index (χ4v) is 4.40. The summed E-state index contributed by atoms with van der Waals surface area (Å²) in [6.07, 6.45) is -0.328. The highest BCUT2D eigenvalue weighted by molar-refractivity contribution is 8.19. The number of carbonyl (C=O) groups excluding carboxylic acids is 1. The van der Waals surface area contributed by atoms with E-state index in [0.29, 0.717) is 10.3 Å². The number of benzene rings is 1. The van der Waals surface area contributed by atoms with Crippen LogP contribution in [0.25, 0.3) is 0 Å². The molecule has 1 fully saturated rings. The normalized spacial score (nSPS) is 15.9. The number of ether oxygens (including phenoxy) is 1. The molecule has 1 aliphatic heterocycles. The Hall–Kier alpha value is -0.810. The zero-order valence-corrected chi connectivity index (χ0v) is 11.5. The second kappa shape index (κ2) is 5.69. The summed E-state index contributed by atoms with van der Waals surface area (Å²) < 4.78 is 5.77. The third-order valence-corrected chi connectivity index (χ3v) is 5.43. The highest BCUT2D eigenvalue weighted by Crippen LogP contribution is 2.48. The molecular formula is C12H15NO2S2. The first-order chi connectivity index (χ1) is 8.18. The maximum absolute atomic E-state index is 11.6. The van der Waals surface area contributed by atoms with Gasteiger partial charge < -0.3 is 9.64 Å². The van der Waals surface area contributed by atoms with Crippen LogP contribution in [-0.4, -0.2) is 36.6 Å². The van der Waals surface area contributed by atoms with Crippen LogP contribution in [0.15, 0.2) is 24.3 Å². The van der Waals surface area contributed by atoms with Gasteiger partial charge in [-0.15, -0.1) is 23.5 Å². The molecule has 1 saturated heterocycles. The van der Waals surface area contributed by atoms with E-state index >= 15 is 0 Å². The summed E-state index contributed by atoms with van der Waals surface area (Å²) in [4.78, 5) is 13.0. The first kappa shape index (κ1) is 12.6. The van der Waals surface area contributed by atoms with Crippen LogP contribution in [0, 0.1) is 0 Å². The van der Waals surface area contributed by atoms with Gasteiger partial charge in [-0.25, -0.2) is 4.79 Å². The highest BCUT2D eigenvalue weighted by Gasteiger charge is 2.22. The van der Waals surface area contributed by atoms with Gasteiger partial charge in [-0.3, -0.25) is 0 Å². The second-order valence-corrected chi connectivity index (χ2v) is 6.60. The van der Waals surface area contributed by atoms with Gasteiger partial charge in [-0.2, -0.15) is 0 Å². The van der Waals surface area contributed by atoms with Gasteiger partial charge in [-0.05, 0) is 6.07 Å². The number of rotatable bonds is 2. The molecule has 5 heteroatoms. The summed E-state index contributed by atoms with van der Waals surface area (Å²) in [6, 6.07) is 7.78. The standard InChI is InChI=1S/C12H15NO2S2/c1-13(2)12(14)15-10-6-4-3-5-9(10)11-16-7-8-17-11/h3-6,11H,7-8H2,1-2H3. The van der Waals surface area contributed by atoms with E-state index in [1.165, 1.54) is 4.90 Å². The largest absolute Gasteiger partial charge is 0.414 e. The fourth-order valence-electron chi connectivity index (χ4n) is 1.49. The van der Waals surface area contributed by atoms with Gasteiger partial charge in [-0.1, -0.05) is 18.2 Å². The number of para-hydroxylation sites is 1. The van der Waals surface area contributed by atoms with Crippen molar-refractivity contribution in [2.45, 2.75) is 4.58 Å². The first-order valence-corrected chi connectivity index (χ1v) is 7.49. The molecule has 92 valence electrons. The summed E-state index contributed by atoms with van der Waals surface area (Å²) in [5.41, 5.74) is 1.11. The average Bonchev–Trinajstić information content (AvgIpc) is 2.83. The lowest BCUT2D eigenvalue weighted by molar-refractivity contribution is 0.171. The van der Waals surface area contributed by atoms with E-state index in [1.807, 2.05) is 47.8 Å². The van der Waals surface area contributed by atoms with Gasteiger partial charge in [0.05, 0.1) is 4.58 Å². The summed E-state index contributed by atoms with van der Waals surface area (Å²) in [5.74, 6) is 2.99. The van der Waals surface area contributed by atoms with Gasteiger partial charge in [0.1, 0.15) is 5.75 Å². The van der Waals surface area contributed by atoms with Crippen molar-refractivity contribution < 1.29 is 9.53 Å². The Balaban J connectivity index is 2.18. The lowest BCUT2D eigenvalue weighted by Crippen LogP contribution is -2.25. The van der Waals surface area contributed by atoms with Crippen molar-refractivity contribution in [3.63, 3.8) is 0 Å². The smallest absolute Gasteiger partial charge is 0.410 e. The molecule has 0 aromatic heterocycles. The predicted octanol–water partition coefficient (Wildman–Crippen LogP) is 3.23. The minimum Gasteiger partial charge on any atom is -0.410 e. The summed E-state index contributed by atoms with van der Waals surface area (Å²) in [7, 11) is 3.37. The minimum absolute atomic E-state index is 0.328. The SMILES string of the molecule is CN(C)C(=O)Oc1ccccc1C1SCCS1. The molecule has 1 aromatic carbocycles. The Labute approximate surface area is 110 Å². The van der Waals surface area contributed by atoms with Crippen LogP contribution < -0.4 is 4.74 Å². The number of carbonyl (C=O) groups is 1. The minimum atomic E-state index is -0.328. The van der Waals surface area contributed by atoms with Crippen LogP contribution in [0.3, 0.4) is 0 Å². The van der Waals surface area contributed by atoms with Crippen molar-refractivity contribution in [2.24, 2.45) is 0 Å². The van der Waals surface area contributed by atoms with Crippen LogP contribution in [-0.2, 0) is 0 Å². The molecule has 0 unspecified atom stereocenters. The maximum atomic E-state index is 11.6. The van der Waals surface area contributed by atoms with Gasteiger partial charge >= 0.3 is 6.09 Å². The quantitative estimate of drug-likeness (QED) is 0.824. The van der Waals surface area contributed by atoms with Gasteiger partial charge in [0, 0.05) is 31.2 Å². The summed E-state index contributed by atoms with van der Waals surface area (Å²) in [5, 5.41) is 0. The molecule has 1 heterocycles. The third-order valence-electron chi connectivity index (χ3n) is 2.36. The fraction of sp³-hybridized carbons (Fsp3) is 0.417. The molecule has 0 radical (unpaired) electrons. The van der Waals surface area contributed by atoms with E-state index in [9.17, 15) is 4.79 Å². The molecule has 2 rings (SSSR count). The lowest BCUT2D eigenvalue weighted by Gasteiger charge is -2.16. The van der Waals surface area contributed by atoms with E-state index in [1.54, 1.807) is 14.1 Å². The van der Waals surface area contributed by atoms with Crippen molar-refractivity contribution in [1.82, 2.24) is 4.90 Å². The number of amides is 1. The highest BCUT2D eigenvalue weighted by atomic mass is 32.2.